The zero-order chi connectivity index (χ0) is 33.5. The Kier molecular flexibility index (Phi) is 6.02. The molecule has 11 aromatic rings. The summed E-state index contributed by atoms with van der Waals surface area (Å²) in [4.78, 5) is 0. The van der Waals surface area contributed by atoms with Gasteiger partial charge < -0.3 is 4.42 Å². The lowest BCUT2D eigenvalue weighted by Crippen LogP contribution is -1.90. The van der Waals surface area contributed by atoms with E-state index in [4.69, 9.17) is 4.42 Å². The molecular weight excluding hydrogens is 617 g/mol. The molecule has 0 amide bonds. The second kappa shape index (κ2) is 10.9. The molecule has 0 atom stereocenters. The number of fused-ring (bicyclic) bond motifs is 12. The van der Waals surface area contributed by atoms with Crippen LogP contribution in [0.4, 0.5) is 0 Å². The molecule has 0 saturated carbocycles. The first-order chi connectivity index (χ1) is 25.3. The van der Waals surface area contributed by atoms with Gasteiger partial charge in [0.2, 0.25) is 0 Å². The SMILES string of the molecule is c1ccc(-c2c3ccccc3c(-c3ccc(-c4ccc5c(c4)c4ccccc4c4c6ccc7ccccc7c6oc54)cc3)c3ccccc23)cc1. The molecule has 236 valence electrons. The van der Waals surface area contributed by atoms with Gasteiger partial charge in [0.1, 0.15) is 11.2 Å². The van der Waals surface area contributed by atoms with Crippen molar-refractivity contribution in [3.05, 3.63) is 182 Å². The molecule has 0 saturated heterocycles. The van der Waals surface area contributed by atoms with E-state index in [1.54, 1.807) is 0 Å². The van der Waals surface area contributed by atoms with Gasteiger partial charge in [0.05, 0.1) is 0 Å². The van der Waals surface area contributed by atoms with Crippen molar-refractivity contribution in [3.63, 3.8) is 0 Å². The van der Waals surface area contributed by atoms with Crippen LogP contribution in [0.15, 0.2) is 186 Å². The fraction of sp³-hybridized carbons (Fsp3) is 0. The second-order valence-electron chi connectivity index (χ2n) is 13.6. The van der Waals surface area contributed by atoms with Crippen molar-refractivity contribution in [1.29, 1.82) is 0 Å². The average Bonchev–Trinajstić information content (AvgIpc) is 3.61. The van der Waals surface area contributed by atoms with E-state index in [-0.39, 0.29) is 0 Å². The molecule has 0 aliphatic carbocycles. The standard InChI is InChI=1S/C50H30O/c1-2-13-33(14-3-1)46-39-18-8-10-20-41(39)47(42-21-11-9-19-40(42)46)34-24-22-31(23-25-34)35-27-28-43-45(30-35)37-16-6-7-17-38(37)48-44-29-26-32-12-4-5-15-36(32)49(44)51-50(43)48/h1-30H. The Hall–Kier alpha value is -6.70. The highest BCUT2D eigenvalue weighted by atomic mass is 16.3. The Morgan fingerprint density at radius 1 is 0.255 bits per heavy atom. The van der Waals surface area contributed by atoms with E-state index in [0.29, 0.717) is 0 Å². The van der Waals surface area contributed by atoms with E-state index in [2.05, 4.69) is 182 Å². The van der Waals surface area contributed by atoms with Crippen molar-refractivity contribution in [3.8, 4) is 33.4 Å². The lowest BCUT2D eigenvalue weighted by molar-refractivity contribution is 0.676. The Labute approximate surface area is 294 Å². The normalized spacial score (nSPS) is 11.9. The molecular formula is C50H30O. The summed E-state index contributed by atoms with van der Waals surface area (Å²) in [6.07, 6.45) is 0. The van der Waals surface area contributed by atoms with Crippen LogP contribution in [-0.4, -0.2) is 0 Å². The summed E-state index contributed by atoms with van der Waals surface area (Å²) < 4.78 is 6.80. The quantitative estimate of drug-likeness (QED) is 0.138. The van der Waals surface area contributed by atoms with E-state index >= 15 is 0 Å². The van der Waals surface area contributed by atoms with Crippen LogP contribution < -0.4 is 0 Å². The fourth-order valence-electron chi connectivity index (χ4n) is 8.55. The van der Waals surface area contributed by atoms with Crippen molar-refractivity contribution in [2.75, 3.05) is 0 Å². The van der Waals surface area contributed by atoms with Crippen LogP contribution in [0.5, 0.6) is 0 Å². The van der Waals surface area contributed by atoms with Crippen molar-refractivity contribution in [2.24, 2.45) is 0 Å². The predicted octanol–water partition coefficient (Wildman–Crippen LogP) is 14.4. The monoisotopic (exact) mass is 646 g/mol. The Bertz CT molecular complexity index is 3110. The molecule has 11 rings (SSSR count). The molecule has 1 nitrogen and oxygen atoms in total. The van der Waals surface area contributed by atoms with Gasteiger partial charge in [-0.2, -0.15) is 0 Å². The zero-order valence-electron chi connectivity index (χ0n) is 27.7. The zero-order valence-corrected chi connectivity index (χ0v) is 27.7. The molecule has 0 fully saturated rings. The number of furan rings is 1. The lowest BCUT2D eigenvalue weighted by atomic mass is 9.85. The smallest absolute Gasteiger partial charge is 0.143 e. The summed E-state index contributed by atoms with van der Waals surface area (Å²) in [7, 11) is 0. The van der Waals surface area contributed by atoms with Gasteiger partial charge in [0.25, 0.3) is 0 Å². The molecule has 0 N–H and O–H groups in total. The fourth-order valence-corrected chi connectivity index (χ4v) is 8.55. The van der Waals surface area contributed by atoms with Gasteiger partial charge in [0.15, 0.2) is 0 Å². The summed E-state index contributed by atoms with van der Waals surface area (Å²) in [5.41, 5.74) is 9.31. The van der Waals surface area contributed by atoms with Crippen LogP contribution >= 0.6 is 0 Å². The van der Waals surface area contributed by atoms with Crippen LogP contribution in [0, 0.1) is 0 Å². The molecule has 1 aromatic heterocycles. The Morgan fingerprint density at radius 3 is 1.41 bits per heavy atom. The minimum Gasteiger partial charge on any atom is -0.455 e. The summed E-state index contributed by atoms with van der Waals surface area (Å²) >= 11 is 0. The molecule has 0 aliphatic rings. The maximum absolute atomic E-state index is 6.80. The Morgan fingerprint density at radius 2 is 0.745 bits per heavy atom. The molecule has 0 bridgehead atoms. The van der Waals surface area contributed by atoms with Gasteiger partial charge in [-0.25, -0.2) is 0 Å². The third kappa shape index (κ3) is 4.16. The number of hydrogen-bond donors (Lipinski definition) is 0. The highest BCUT2D eigenvalue weighted by Crippen LogP contribution is 2.46. The molecule has 0 radical (unpaired) electrons. The number of rotatable bonds is 3. The van der Waals surface area contributed by atoms with Crippen LogP contribution in [-0.2, 0) is 0 Å². The maximum Gasteiger partial charge on any atom is 0.143 e. The van der Waals surface area contributed by atoms with Gasteiger partial charge in [0, 0.05) is 21.5 Å². The average molecular weight is 647 g/mol. The van der Waals surface area contributed by atoms with Crippen molar-refractivity contribution >= 4 is 75.8 Å². The maximum atomic E-state index is 6.80. The Balaban J connectivity index is 1.09. The van der Waals surface area contributed by atoms with E-state index in [1.165, 1.54) is 87.2 Å². The second-order valence-corrected chi connectivity index (χ2v) is 13.6. The van der Waals surface area contributed by atoms with Gasteiger partial charge >= 0.3 is 0 Å². The van der Waals surface area contributed by atoms with Gasteiger partial charge in [-0.05, 0) is 94.7 Å². The van der Waals surface area contributed by atoms with Gasteiger partial charge in [-0.1, -0.05) is 164 Å². The number of hydrogen-bond acceptors (Lipinski definition) is 1. The molecule has 1 heterocycles. The van der Waals surface area contributed by atoms with E-state index in [0.717, 1.165) is 21.9 Å². The van der Waals surface area contributed by atoms with Crippen LogP contribution in [0.1, 0.15) is 0 Å². The highest BCUT2D eigenvalue weighted by Gasteiger charge is 2.19. The number of benzene rings is 10. The first-order valence-electron chi connectivity index (χ1n) is 17.6. The highest BCUT2D eigenvalue weighted by molar-refractivity contribution is 6.32. The van der Waals surface area contributed by atoms with Gasteiger partial charge in [-0.15, -0.1) is 0 Å². The molecule has 0 unspecified atom stereocenters. The summed E-state index contributed by atoms with van der Waals surface area (Å²) in [5.74, 6) is 0. The third-order valence-corrected chi connectivity index (χ3v) is 10.8. The van der Waals surface area contributed by atoms with Crippen LogP contribution in [0.25, 0.3) is 109 Å². The minimum atomic E-state index is 0.953. The van der Waals surface area contributed by atoms with Crippen LogP contribution in [0.2, 0.25) is 0 Å². The lowest BCUT2D eigenvalue weighted by Gasteiger charge is -2.18. The third-order valence-electron chi connectivity index (χ3n) is 10.8. The predicted molar refractivity (Wildman–Crippen MR) is 218 cm³/mol. The molecule has 0 aliphatic heterocycles. The van der Waals surface area contributed by atoms with Crippen molar-refractivity contribution < 1.29 is 4.42 Å². The van der Waals surface area contributed by atoms with E-state index < -0.39 is 0 Å². The van der Waals surface area contributed by atoms with Crippen molar-refractivity contribution in [2.45, 2.75) is 0 Å². The molecule has 10 aromatic carbocycles. The van der Waals surface area contributed by atoms with Crippen molar-refractivity contribution in [1.82, 2.24) is 0 Å². The minimum absolute atomic E-state index is 0.953. The van der Waals surface area contributed by atoms with E-state index in [1.807, 2.05) is 0 Å². The summed E-state index contributed by atoms with van der Waals surface area (Å²) in [6.45, 7) is 0. The van der Waals surface area contributed by atoms with E-state index in [9.17, 15) is 0 Å². The summed E-state index contributed by atoms with van der Waals surface area (Å²) in [5, 5.41) is 14.6. The largest absolute Gasteiger partial charge is 0.455 e. The first kappa shape index (κ1) is 28.2. The topological polar surface area (TPSA) is 13.1 Å². The first-order valence-corrected chi connectivity index (χ1v) is 17.6. The molecule has 51 heavy (non-hydrogen) atoms. The van der Waals surface area contributed by atoms with Crippen LogP contribution in [0.3, 0.4) is 0 Å². The molecule has 0 spiro atoms. The van der Waals surface area contributed by atoms with Gasteiger partial charge in [-0.3, -0.25) is 0 Å². The summed E-state index contributed by atoms with van der Waals surface area (Å²) in [6, 6.07) is 66.1. The molecule has 1 heteroatoms.